The molecule has 0 heterocycles. The van der Waals surface area contributed by atoms with Crippen LogP contribution in [-0.4, -0.2) is 18.6 Å². The summed E-state index contributed by atoms with van der Waals surface area (Å²) in [4.78, 5) is 11.6. The maximum absolute atomic E-state index is 11.6. The molecule has 0 aromatic heterocycles. The predicted molar refractivity (Wildman–Crippen MR) is 77.3 cm³/mol. The monoisotopic (exact) mass is 333 g/mol. The predicted octanol–water partition coefficient (Wildman–Crippen LogP) is 3.70. The van der Waals surface area contributed by atoms with E-state index in [1.54, 1.807) is 6.07 Å². The molecular formula is C13H17BrClNO2. The van der Waals surface area contributed by atoms with Crippen LogP contribution in [-0.2, 0) is 4.79 Å². The van der Waals surface area contributed by atoms with Gasteiger partial charge in [0.25, 0.3) is 5.91 Å². The molecule has 0 aliphatic rings. The van der Waals surface area contributed by atoms with Crippen molar-refractivity contribution in [2.75, 3.05) is 6.61 Å². The van der Waals surface area contributed by atoms with E-state index in [0.717, 1.165) is 16.5 Å². The van der Waals surface area contributed by atoms with Crippen molar-refractivity contribution in [3.8, 4) is 5.75 Å². The largest absolute Gasteiger partial charge is 0.482 e. The average Bonchev–Trinajstić information content (AvgIpc) is 2.27. The number of halogens is 2. The second-order valence-corrected chi connectivity index (χ2v) is 5.52. The number of carbonyl (C=O) groups excluding carboxylic acids is 1. The quantitative estimate of drug-likeness (QED) is 0.891. The van der Waals surface area contributed by atoms with Gasteiger partial charge >= 0.3 is 0 Å². The third kappa shape index (κ3) is 4.50. The van der Waals surface area contributed by atoms with Gasteiger partial charge in [-0.1, -0.05) is 34.5 Å². The van der Waals surface area contributed by atoms with Gasteiger partial charge in [0.2, 0.25) is 0 Å². The number of carbonyl (C=O) groups is 1. The van der Waals surface area contributed by atoms with Crippen LogP contribution in [0.15, 0.2) is 16.6 Å². The van der Waals surface area contributed by atoms with Gasteiger partial charge in [0.15, 0.2) is 6.61 Å². The molecule has 1 amide bonds. The molecule has 1 aromatic carbocycles. The fourth-order valence-electron chi connectivity index (χ4n) is 1.43. The molecule has 0 aliphatic carbocycles. The Kier molecular flexibility index (Phi) is 5.96. The van der Waals surface area contributed by atoms with Gasteiger partial charge in [0.1, 0.15) is 5.75 Å². The van der Waals surface area contributed by atoms with E-state index in [-0.39, 0.29) is 18.6 Å². The summed E-state index contributed by atoms with van der Waals surface area (Å²) in [5.74, 6) is 0.418. The standard InChI is InChI=1S/C13H17BrClNO2/c1-4-9(3)16-12(17)7-18-13-8(2)5-10(14)6-11(13)15/h5-6,9H,4,7H2,1-3H3,(H,16,17)/t9-/m1/s1. The van der Waals surface area contributed by atoms with Gasteiger partial charge in [-0.25, -0.2) is 0 Å². The zero-order valence-corrected chi connectivity index (χ0v) is 13.1. The lowest BCUT2D eigenvalue weighted by Crippen LogP contribution is -2.35. The highest BCUT2D eigenvalue weighted by molar-refractivity contribution is 9.10. The molecule has 1 N–H and O–H groups in total. The highest BCUT2D eigenvalue weighted by atomic mass is 79.9. The van der Waals surface area contributed by atoms with Crippen LogP contribution in [0.25, 0.3) is 0 Å². The molecule has 0 unspecified atom stereocenters. The van der Waals surface area contributed by atoms with Gasteiger partial charge < -0.3 is 10.1 Å². The number of benzene rings is 1. The van der Waals surface area contributed by atoms with E-state index in [2.05, 4.69) is 21.2 Å². The minimum Gasteiger partial charge on any atom is -0.482 e. The number of aryl methyl sites for hydroxylation is 1. The lowest BCUT2D eigenvalue weighted by atomic mass is 10.2. The van der Waals surface area contributed by atoms with Crippen LogP contribution in [0.1, 0.15) is 25.8 Å². The lowest BCUT2D eigenvalue weighted by Gasteiger charge is -2.14. The van der Waals surface area contributed by atoms with E-state index >= 15 is 0 Å². The van der Waals surface area contributed by atoms with E-state index in [9.17, 15) is 4.79 Å². The van der Waals surface area contributed by atoms with E-state index < -0.39 is 0 Å². The lowest BCUT2D eigenvalue weighted by molar-refractivity contribution is -0.123. The smallest absolute Gasteiger partial charge is 0.258 e. The Morgan fingerprint density at radius 1 is 1.56 bits per heavy atom. The number of rotatable bonds is 5. The van der Waals surface area contributed by atoms with Crippen LogP contribution >= 0.6 is 27.5 Å². The van der Waals surface area contributed by atoms with Crippen molar-refractivity contribution < 1.29 is 9.53 Å². The summed E-state index contributed by atoms with van der Waals surface area (Å²) in [6.45, 7) is 5.84. The van der Waals surface area contributed by atoms with Gasteiger partial charge in [-0.2, -0.15) is 0 Å². The first kappa shape index (κ1) is 15.3. The number of hydrogen-bond donors (Lipinski definition) is 1. The summed E-state index contributed by atoms with van der Waals surface area (Å²) >= 11 is 9.41. The Bertz CT molecular complexity index is 414. The molecule has 0 fully saturated rings. The molecule has 18 heavy (non-hydrogen) atoms. The van der Waals surface area contributed by atoms with E-state index in [1.807, 2.05) is 26.8 Å². The summed E-state index contributed by atoms with van der Waals surface area (Å²) in [7, 11) is 0. The first-order valence-corrected chi connectivity index (χ1v) is 6.99. The van der Waals surface area contributed by atoms with Crippen molar-refractivity contribution in [1.82, 2.24) is 5.32 Å². The summed E-state index contributed by atoms with van der Waals surface area (Å²) in [5.41, 5.74) is 0.894. The topological polar surface area (TPSA) is 38.3 Å². The first-order chi connectivity index (χ1) is 8.43. The maximum Gasteiger partial charge on any atom is 0.258 e. The Labute approximate surface area is 121 Å². The molecule has 0 bridgehead atoms. The van der Waals surface area contributed by atoms with Crippen molar-refractivity contribution in [3.63, 3.8) is 0 Å². The molecular weight excluding hydrogens is 318 g/mol. The van der Waals surface area contributed by atoms with Crippen molar-refractivity contribution in [2.24, 2.45) is 0 Å². The van der Waals surface area contributed by atoms with Crippen LogP contribution in [0.3, 0.4) is 0 Å². The van der Waals surface area contributed by atoms with Gasteiger partial charge in [0.05, 0.1) is 5.02 Å². The van der Waals surface area contributed by atoms with E-state index in [1.165, 1.54) is 0 Å². The second kappa shape index (κ2) is 7.00. The normalized spacial score (nSPS) is 12.1. The summed E-state index contributed by atoms with van der Waals surface area (Å²) in [6.07, 6.45) is 0.893. The van der Waals surface area contributed by atoms with Crippen molar-refractivity contribution in [2.45, 2.75) is 33.2 Å². The highest BCUT2D eigenvalue weighted by Crippen LogP contribution is 2.31. The number of amides is 1. The second-order valence-electron chi connectivity index (χ2n) is 4.20. The van der Waals surface area contributed by atoms with Gasteiger partial charge in [-0.15, -0.1) is 0 Å². The summed E-state index contributed by atoms with van der Waals surface area (Å²) in [6, 6.07) is 3.80. The van der Waals surface area contributed by atoms with Crippen LogP contribution in [0.5, 0.6) is 5.75 Å². The Balaban J connectivity index is 2.61. The molecule has 1 aromatic rings. The Morgan fingerprint density at radius 2 is 2.22 bits per heavy atom. The Morgan fingerprint density at radius 3 is 2.78 bits per heavy atom. The fourth-order valence-corrected chi connectivity index (χ4v) is 2.45. The zero-order chi connectivity index (χ0) is 13.7. The van der Waals surface area contributed by atoms with Crippen molar-refractivity contribution >= 4 is 33.4 Å². The third-order valence-electron chi connectivity index (χ3n) is 2.56. The molecule has 100 valence electrons. The molecule has 1 rings (SSSR count). The van der Waals surface area contributed by atoms with E-state index in [0.29, 0.717) is 10.8 Å². The fraction of sp³-hybridized carbons (Fsp3) is 0.462. The minimum atomic E-state index is -0.136. The Hall–Kier alpha value is -0.740. The minimum absolute atomic E-state index is 0.0213. The number of nitrogens with one attached hydrogen (secondary N) is 1. The van der Waals surface area contributed by atoms with Crippen LogP contribution in [0, 0.1) is 6.92 Å². The SMILES string of the molecule is CC[C@@H](C)NC(=O)COc1c(C)cc(Br)cc1Cl. The van der Waals surface area contributed by atoms with Crippen LogP contribution < -0.4 is 10.1 Å². The average molecular weight is 335 g/mol. The molecule has 0 saturated heterocycles. The maximum atomic E-state index is 11.6. The van der Waals surface area contributed by atoms with Crippen LogP contribution in [0.2, 0.25) is 5.02 Å². The van der Waals surface area contributed by atoms with Crippen molar-refractivity contribution in [1.29, 1.82) is 0 Å². The summed E-state index contributed by atoms with van der Waals surface area (Å²) < 4.78 is 6.36. The molecule has 0 radical (unpaired) electrons. The molecule has 0 spiro atoms. The van der Waals surface area contributed by atoms with Gasteiger partial charge in [-0.05, 0) is 38.0 Å². The molecule has 3 nitrogen and oxygen atoms in total. The molecule has 5 heteroatoms. The zero-order valence-electron chi connectivity index (χ0n) is 10.7. The molecule has 0 saturated carbocycles. The first-order valence-electron chi connectivity index (χ1n) is 5.81. The molecule has 1 atom stereocenters. The highest BCUT2D eigenvalue weighted by Gasteiger charge is 2.11. The number of ether oxygens (including phenoxy) is 1. The number of hydrogen-bond acceptors (Lipinski definition) is 2. The van der Waals surface area contributed by atoms with Gasteiger partial charge in [-0.3, -0.25) is 4.79 Å². The molecule has 0 aliphatic heterocycles. The summed E-state index contributed by atoms with van der Waals surface area (Å²) in [5, 5.41) is 3.33. The van der Waals surface area contributed by atoms with E-state index in [4.69, 9.17) is 16.3 Å². The third-order valence-corrected chi connectivity index (χ3v) is 3.30. The van der Waals surface area contributed by atoms with Gasteiger partial charge in [0, 0.05) is 10.5 Å². The van der Waals surface area contributed by atoms with Crippen LogP contribution in [0.4, 0.5) is 0 Å². The van der Waals surface area contributed by atoms with Crippen molar-refractivity contribution in [3.05, 3.63) is 27.2 Å².